The van der Waals surface area contributed by atoms with Crippen molar-refractivity contribution in [2.45, 2.75) is 52.4 Å². The van der Waals surface area contributed by atoms with Gasteiger partial charge in [-0.25, -0.2) is 9.97 Å². The van der Waals surface area contributed by atoms with E-state index < -0.39 is 0 Å². The van der Waals surface area contributed by atoms with E-state index in [2.05, 4.69) is 122 Å². The van der Waals surface area contributed by atoms with Gasteiger partial charge in [0.1, 0.15) is 11.4 Å². The number of hydrogen-bond donors (Lipinski definition) is 2. The summed E-state index contributed by atoms with van der Waals surface area (Å²) in [6, 6.07) is 25.2. The van der Waals surface area contributed by atoms with Crippen molar-refractivity contribution in [1.29, 1.82) is 0 Å². The van der Waals surface area contributed by atoms with Gasteiger partial charge in [-0.2, -0.15) is 0 Å². The quantitative estimate of drug-likeness (QED) is 0.179. The molecule has 4 nitrogen and oxygen atoms in total. The molecule has 0 aliphatic carbocycles. The monoisotopic (exact) mass is 570 g/mol. The number of nitrogens with one attached hydrogen (secondary N) is 2. The number of benzene rings is 3. The average molecular weight is 571 g/mol. The molecule has 0 radical (unpaired) electrons. The summed E-state index contributed by atoms with van der Waals surface area (Å²) in [5.41, 5.74) is 10.1. The fourth-order valence-corrected chi connectivity index (χ4v) is 5.74. The summed E-state index contributed by atoms with van der Waals surface area (Å²) in [6.45, 7) is 13.5. The van der Waals surface area contributed by atoms with E-state index in [4.69, 9.17) is 0 Å². The first-order chi connectivity index (χ1) is 21.1. The van der Waals surface area contributed by atoms with Crippen molar-refractivity contribution >= 4 is 43.6 Å². The van der Waals surface area contributed by atoms with E-state index in [1.807, 2.05) is 36.4 Å². The Labute approximate surface area is 258 Å². The smallest absolute Gasteiger partial charge is 0.113 e. The lowest BCUT2D eigenvalue weighted by Gasteiger charge is -2.19. The van der Waals surface area contributed by atoms with Crippen LogP contribution >= 0.6 is 0 Å². The van der Waals surface area contributed by atoms with Gasteiger partial charge >= 0.3 is 0 Å². The van der Waals surface area contributed by atoms with Crippen LogP contribution in [0.3, 0.4) is 0 Å². The summed E-state index contributed by atoms with van der Waals surface area (Å²) in [5, 5.41) is 4.68. The Morgan fingerprint density at radius 2 is 0.909 bits per heavy atom. The number of H-pyrrole nitrogens is 2. The Balaban J connectivity index is 1.52. The average Bonchev–Trinajstić information content (AvgIpc) is 3.57. The van der Waals surface area contributed by atoms with Crippen LogP contribution in [0.1, 0.15) is 75.2 Å². The van der Waals surface area contributed by atoms with Crippen LogP contribution in [0.4, 0.5) is 0 Å². The van der Waals surface area contributed by atoms with Crippen molar-refractivity contribution in [3.8, 4) is 23.7 Å². The van der Waals surface area contributed by atoms with Crippen molar-refractivity contribution in [2.75, 3.05) is 0 Å². The third-order valence-electron chi connectivity index (χ3n) is 8.27. The molecule has 4 heterocycles. The van der Waals surface area contributed by atoms with Gasteiger partial charge < -0.3 is 9.97 Å². The zero-order valence-electron chi connectivity index (χ0n) is 26.0. The number of rotatable bonds is 0. The van der Waals surface area contributed by atoms with Crippen molar-refractivity contribution in [1.82, 2.24) is 19.9 Å². The van der Waals surface area contributed by atoms with E-state index in [1.165, 1.54) is 32.7 Å². The zero-order valence-corrected chi connectivity index (χ0v) is 26.0. The molecular formula is C40H34N4. The lowest BCUT2D eigenvalue weighted by Crippen LogP contribution is -2.11. The summed E-state index contributed by atoms with van der Waals surface area (Å²) in [7, 11) is 0. The molecule has 4 heteroatoms. The fraction of sp³-hybridized carbons (Fsp3) is 0.200. The van der Waals surface area contributed by atoms with Crippen LogP contribution in [0.15, 0.2) is 85.2 Å². The van der Waals surface area contributed by atoms with Gasteiger partial charge in [0, 0.05) is 45.1 Å². The second-order valence-corrected chi connectivity index (χ2v) is 13.5. The molecule has 2 N–H and O–H groups in total. The summed E-state index contributed by atoms with van der Waals surface area (Å²) < 4.78 is 0. The van der Waals surface area contributed by atoms with Crippen LogP contribution in [0.5, 0.6) is 0 Å². The Morgan fingerprint density at radius 3 is 1.27 bits per heavy atom. The maximum atomic E-state index is 4.42. The Hall–Kier alpha value is -5.32. The molecule has 0 atom stereocenters. The van der Waals surface area contributed by atoms with Gasteiger partial charge in [0.05, 0.1) is 22.1 Å². The highest BCUT2D eigenvalue weighted by molar-refractivity contribution is 6.22. The standard InChI is InChI=1S/C40H34N4/c1-39(2,3)27-21-25(13-15-29-11-7-9-19-41-29)35-33(23-27)31-17-18-32-34-24-28(40(4,5)6)22-26(14-16-30-12-8-10-20-42-30)36(34)44-38(32)37(31)43-35/h7-12,17-24,43-44H,1-6H3. The highest BCUT2D eigenvalue weighted by Crippen LogP contribution is 2.39. The molecule has 0 bridgehead atoms. The van der Waals surface area contributed by atoms with Crippen molar-refractivity contribution in [2.24, 2.45) is 0 Å². The maximum Gasteiger partial charge on any atom is 0.113 e. The minimum Gasteiger partial charge on any atom is -0.352 e. The molecule has 7 aromatic rings. The SMILES string of the molecule is CC(C)(C)c1cc(C#Cc2ccccn2)c2[nH]c3c(ccc4c5cc(C(C)(C)C)cc(C#Cc6ccccn6)c5[nH]c43)c2c1. The molecule has 0 aliphatic heterocycles. The molecule has 4 aromatic heterocycles. The van der Waals surface area contributed by atoms with Crippen molar-refractivity contribution in [3.63, 3.8) is 0 Å². The fourth-order valence-electron chi connectivity index (χ4n) is 5.74. The predicted molar refractivity (Wildman–Crippen MR) is 183 cm³/mol. The van der Waals surface area contributed by atoms with Gasteiger partial charge in [0.25, 0.3) is 0 Å². The molecule has 214 valence electrons. The van der Waals surface area contributed by atoms with Gasteiger partial charge in [-0.15, -0.1) is 0 Å². The lowest BCUT2D eigenvalue weighted by atomic mass is 9.85. The number of aromatic nitrogens is 4. The predicted octanol–water partition coefficient (Wildman–Crippen LogP) is 9.14. The highest BCUT2D eigenvalue weighted by Gasteiger charge is 2.21. The number of nitrogens with zero attached hydrogens (tertiary/aromatic N) is 2. The second kappa shape index (κ2) is 10.1. The normalized spacial score (nSPS) is 12.0. The number of hydrogen-bond acceptors (Lipinski definition) is 2. The summed E-state index contributed by atoms with van der Waals surface area (Å²) in [5.74, 6) is 13.4. The lowest BCUT2D eigenvalue weighted by molar-refractivity contribution is 0.590. The van der Waals surface area contributed by atoms with Crippen LogP contribution in [-0.4, -0.2) is 19.9 Å². The first kappa shape index (κ1) is 27.5. The molecule has 44 heavy (non-hydrogen) atoms. The molecular weight excluding hydrogens is 536 g/mol. The van der Waals surface area contributed by atoms with E-state index in [9.17, 15) is 0 Å². The molecule has 0 amide bonds. The van der Waals surface area contributed by atoms with Gasteiger partial charge in [-0.1, -0.05) is 77.6 Å². The topological polar surface area (TPSA) is 57.4 Å². The molecule has 0 saturated carbocycles. The number of pyridine rings is 2. The van der Waals surface area contributed by atoms with Crippen LogP contribution in [0.2, 0.25) is 0 Å². The minimum absolute atomic E-state index is 0.0328. The van der Waals surface area contributed by atoms with E-state index in [0.717, 1.165) is 44.6 Å². The van der Waals surface area contributed by atoms with Gasteiger partial charge in [0.15, 0.2) is 0 Å². The van der Waals surface area contributed by atoms with Crippen LogP contribution in [0.25, 0.3) is 43.6 Å². The van der Waals surface area contributed by atoms with Gasteiger partial charge in [0.2, 0.25) is 0 Å². The molecule has 0 aliphatic rings. The van der Waals surface area contributed by atoms with Crippen molar-refractivity contribution in [3.05, 3.63) is 119 Å². The third-order valence-corrected chi connectivity index (χ3v) is 8.27. The summed E-state index contributed by atoms with van der Waals surface area (Å²) >= 11 is 0. The van der Waals surface area contributed by atoms with Crippen molar-refractivity contribution < 1.29 is 0 Å². The Bertz CT molecular complexity index is 2170. The maximum absolute atomic E-state index is 4.42. The molecule has 0 spiro atoms. The largest absolute Gasteiger partial charge is 0.352 e. The van der Waals surface area contributed by atoms with Crippen LogP contribution in [0, 0.1) is 23.7 Å². The minimum atomic E-state index is -0.0328. The highest BCUT2D eigenvalue weighted by atomic mass is 14.8. The summed E-state index contributed by atoms with van der Waals surface area (Å²) in [4.78, 5) is 16.4. The molecule has 0 saturated heterocycles. The molecule has 0 fully saturated rings. The number of aromatic amines is 2. The van der Waals surface area contributed by atoms with Crippen LogP contribution in [-0.2, 0) is 10.8 Å². The first-order valence-electron chi connectivity index (χ1n) is 15.0. The molecule has 0 unspecified atom stereocenters. The Morgan fingerprint density at radius 1 is 0.477 bits per heavy atom. The first-order valence-corrected chi connectivity index (χ1v) is 15.0. The number of fused-ring (bicyclic) bond motifs is 7. The molecule has 3 aromatic carbocycles. The van der Waals surface area contributed by atoms with E-state index in [-0.39, 0.29) is 10.8 Å². The van der Waals surface area contributed by atoms with E-state index in [0.29, 0.717) is 0 Å². The van der Waals surface area contributed by atoms with E-state index >= 15 is 0 Å². The van der Waals surface area contributed by atoms with E-state index in [1.54, 1.807) is 12.4 Å². The molecule has 7 rings (SSSR count). The van der Waals surface area contributed by atoms with Crippen LogP contribution < -0.4 is 0 Å². The Kier molecular flexibility index (Phi) is 6.34. The van der Waals surface area contributed by atoms with Gasteiger partial charge in [-0.3, -0.25) is 0 Å². The zero-order chi connectivity index (χ0) is 30.6. The third kappa shape index (κ3) is 4.89. The second-order valence-electron chi connectivity index (χ2n) is 13.5. The summed E-state index contributed by atoms with van der Waals surface area (Å²) in [6.07, 6.45) is 3.56. The van der Waals surface area contributed by atoms with Gasteiger partial charge in [-0.05, 0) is 82.3 Å².